The van der Waals surface area contributed by atoms with Gasteiger partial charge in [-0.05, 0) is 42.2 Å². The average molecular weight is 215 g/mol. The normalized spacial score (nSPS) is 10.5. The average Bonchev–Trinajstić information content (AvgIpc) is 1.93. The van der Waals surface area contributed by atoms with Crippen molar-refractivity contribution >= 4 is 15.9 Å². The molecule has 0 N–H and O–H groups in total. The van der Waals surface area contributed by atoms with Crippen molar-refractivity contribution in [2.24, 2.45) is 0 Å². The Balaban J connectivity index is 2.66. The Labute approximate surface area is 75.4 Å². The van der Waals surface area contributed by atoms with Gasteiger partial charge in [0.15, 0.2) is 0 Å². The van der Waals surface area contributed by atoms with E-state index in [1.165, 1.54) is 0 Å². The lowest BCUT2D eigenvalue weighted by Gasteiger charge is -2.07. The van der Waals surface area contributed by atoms with Gasteiger partial charge in [-0.15, -0.1) is 0 Å². The fourth-order valence-electron chi connectivity index (χ4n) is 0.824. The van der Waals surface area contributed by atoms with E-state index in [1.54, 1.807) is 0 Å². The smallest absolute Gasteiger partial charge is 0.0544 e. The SMILES string of the molecule is CN(C)Cc1ccc(Br)cn1. The first-order valence-corrected chi connectivity index (χ1v) is 4.23. The molecule has 3 heteroatoms. The van der Waals surface area contributed by atoms with Crippen molar-refractivity contribution in [3.63, 3.8) is 0 Å². The van der Waals surface area contributed by atoms with Crippen LogP contribution < -0.4 is 0 Å². The molecule has 0 radical (unpaired) electrons. The highest BCUT2D eigenvalue weighted by atomic mass is 79.9. The van der Waals surface area contributed by atoms with Crippen LogP contribution in [0.5, 0.6) is 0 Å². The summed E-state index contributed by atoms with van der Waals surface area (Å²) in [4.78, 5) is 6.32. The van der Waals surface area contributed by atoms with Crippen molar-refractivity contribution in [1.29, 1.82) is 0 Å². The first-order chi connectivity index (χ1) is 5.18. The van der Waals surface area contributed by atoms with Crippen LogP contribution in [-0.4, -0.2) is 24.0 Å². The van der Waals surface area contributed by atoms with Gasteiger partial charge in [0.25, 0.3) is 0 Å². The summed E-state index contributed by atoms with van der Waals surface area (Å²) in [5, 5.41) is 0. The van der Waals surface area contributed by atoms with Crippen LogP contribution in [0.25, 0.3) is 0 Å². The molecule has 0 aromatic carbocycles. The van der Waals surface area contributed by atoms with Gasteiger partial charge in [-0.3, -0.25) is 4.98 Å². The summed E-state index contributed by atoms with van der Waals surface area (Å²) in [5.41, 5.74) is 1.10. The van der Waals surface area contributed by atoms with Crippen LogP contribution in [0.1, 0.15) is 5.69 Å². The number of rotatable bonds is 2. The summed E-state index contributed by atoms with van der Waals surface area (Å²) in [6.45, 7) is 0.896. The third-order valence-electron chi connectivity index (χ3n) is 1.27. The van der Waals surface area contributed by atoms with Crippen LogP contribution in [0.2, 0.25) is 0 Å². The number of aromatic nitrogens is 1. The predicted molar refractivity (Wildman–Crippen MR) is 49.3 cm³/mol. The molecule has 0 unspecified atom stereocenters. The third-order valence-corrected chi connectivity index (χ3v) is 1.74. The van der Waals surface area contributed by atoms with E-state index in [2.05, 4.69) is 25.8 Å². The molecular weight excluding hydrogens is 204 g/mol. The summed E-state index contributed by atoms with van der Waals surface area (Å²) in [5.74, 6) is 0. The van der Waals surface area contributed by atoms with Crippen LogP contribution in [0, 0.1) is 0 Å². The molecule has 0 spiro atoms. The lowest BCUT2D eigenvalue weighted by atomic mass is 10.3. The monoisotopic (exact) mass is 214 g/mol. The molecule has 0 saturated heterocycles. The van der Waals surface area contributed by atoms with Crippen molar-refractivity contribution in [2.45, 2.75) is 6.54 Å². The van der Waals surface area contributed by atoms with Gasteiger partial charge < -0.3 is 4.90 Å². The first-order valence-electron chi connectivity index (χ1n) is 3.43. The topological polar surface area (TPSA) is 16.1 Å². The number of halogens is 1. The molecular formula is C8H11BrN2. The molecule has 1 aromatic heterocycles. The van der Waals surface area contributed by atoms with E-state index in [-0.39, 0.29) is 0 Å². The number of hydrogen-bond acceptors (Lipinski definition) is 2. The van der Waals surface area contributed by atoms with E-state index in [4.69, 9.17) is 0 Å². The molecule has 0 aliphatic carbocycles. The van der Waals surface area contributed by atoms with Gasteiger partial charge in [-0.1, -0.05) is 0 Å². The van der Waals surface area contributed by atoms with E-state index in [0.29, 0.717) is 0 Å². The van der Waals surface area contributed by atoms with E-state index in [1.807, 2.05) is 32.4 Å². The van der Waals surface area contributed by atoms with E-state index < -0.39 is 0 Å². The van der Waals surface area contributed by atoms with Crippen LogP contribution >= 0.6 is 15.9 Å². The Bertz CT molecular complexity index is 218. The van der Waals surface area contributed by atoms with Crippen LogP contribution in [0.3, 0.4) is 0 Å². The summed E-state index contributed by atoms with van der Waals surface area (Å²) in [6.07, 6.45) is 1.82. The van der Waals surface area contributed by atoms with Gasteiger partial charge >= 0.3 is 0 Å². The Morgan fingerprint density at radius 2 is 2.18 bits per heavy atom. The standard InChI is InChI=1S/C8H11BrN2/c1-11(2)6-8-4-3-7(9)5-10-8/h3-5H,6H2,1-2H3. The molecule has 0 aliphatic rings. The molecule has 60 valence electrons. The van der Waals surface area contributed by atoms with Gasteiger partial charge in [0.2, 0.25) is 0 Å². The van der Waals surface area contributed by atoms with Crippen LogP contribution in [0.4, 0.5) is 0 Å². The zero-order valence-electron chi connectivity index (χ0n) is 6.71. The maximum Gasteiger partial charge on any atom is 0.0544 e. The summed E-state index contributed by atoms with van der Waals surface area (Å²) in [6, 6.07) is 4.02. The highest BCUT2D eigenvalue weighted by Crippen LogP contribution is 2.07. The van der Waals surface area contributed by atoms with Crippen molar-refractivity contribution in [3.05, 3.63) is 28.5 Å². The molecule has 0 atom stereocenters. The molecule has 1 aromatic rings. The number of nitrogens with zero attached hydrogens (tertiary/aromatic N) is 2. The lowest BCUT2D eigenvalue weighted by molar-refractivity contribution is 0.397. The van der Waals surface area contributed by atoms with Crippen molar-refractivity contribution < 1.29 is 0 Å². The highest BCUT2D eigenvalue weighted by molar-refractivity contribution is 9.10. The Morgan fingerprint density at radius 1 is 1.45 bits per heavy atom. The summed E-state index contributed by atoms with van der Waals surface area (Å²) >= 11 is 3.34. The van der Waals surface area contributed by atoms with Crippen molar-refractivity contribution in [2.75, 3.05) is 14.1 Å². The fraction of sp³-hybridized carbons (Fsp3) is 0.375. The fourth-order valence-corrected chi connectivity index (χ4v) is 1.06. The number of pyridine rings is 1. The van der Waals surface area contributed by atoms with E-state index >= 15 is 0 Å². The van der Waals surface area contributed by atoms with Gasteiger partial charge in [-0.25, -0.2) is 0 Å². The predicted octanol–water partition coefficient (Wildman–Crippen LogP) is 1.91. The zero-order chi connectivity index (χ0) is 8.27. The minimum absolute atomic E-state index is 0.896. The molecule has 2 nitrogen and oxygen atoms in total. The van der Waals surface area contributed by atoms with E-state index in [9.17, 15) is 0 Å². The molecule has 0 saturated carbocycles. The second-order valence-electron chi connectivity index (χ2n) is 2.71. The second kappa shape index (κ2) is 3.83. The Hall–Kier alpha value is -0.410. The van der Waals surface area contributed by atoms with Crippen LogP contribution in [0.15, 0.2) is 22.8 Å². The van der Waals surface area contributed by atoms with Crippen molar-refractivity contribution in [1.82, 2.24) is 9.88 Å². The Morgan fingerprint density at radius 3 is 2.64 bits per heavy atom. The highest BCUT2D eigenvalue weighted by Gasteiger charge is 1.94. The minimum Gasteiger partial charge on any atom is -0.304 e. The maximum absolute atomic E-state index is 4.23. The Kier molecular flexibility index (Phi) is 3.02. The van der Waals surface area contributed by atoms with Gasteiger partial charge in [0, 0.05) is 17.2 Å². The molecule has 1 rings (SSSR count). The van der Waals surface area contributed by atoms with Gasteiger partial charge in [0.1, 0.15) is 0 Å². The molecule has 0 amide bonds. The lowest BCUT2D eigenvalue weighted by Crippen LogP contribution is -2.11. The van der Waals surface area contributed by atoms with Crippen LogP contribution in [-0.2, 0) is 6.54 Å². The van der Waals surface area contributed by atoms with Gasteiger partial charge in [-0.2, -0.15) is 0 Å². The van der Waals surface area contributed by atoms with Gasteiger partial charge in [0.05, 0.1) is 5.69 Å². The second-order valence-corrected chi connectivity index (χ2v) is 3.62. The molecule has 1 heterocycles. The maximum atomic E-state index is 4.23. The summed E-state index contributed by atoms with van der Waals surface area (Å²) < 4.78 is 1.03. The quantitative estimate of drug-likeness (QED) is 0.749. The van der Waals surface area contributed by atoms with Crippen molar-refractivity contribution in [3.8, 4) is 0 Å². The molecule has 0 bridgehead atoms. The summed E-state index contributed by atoms with van der Waals surface area (Å²) in [7, 11) is 4.06. The molecule has 0 fully saturated rings. The van der Waals surface area contributed by atoms with E-state index in [0.717, 1.165) is 16.7 Å². The molecule has 11 heavy (non-hydrogen) atoms. The zero-order valence-corrected chi connectivity index (χ0v) is 8.30. The molecule has 0 aliphatic heterocycles. The largest absolute Gasteiger partial charge is 0.304 e. The minimum atomic E-state index is 0.896. The first kappa shape index (κ1) is 8.68. The number of hydrogen-bond donors (Lipinski definition) is 0. The third kappa shape index (κ3) is 2.99.